The Kier molecular flexibility index (Phi) is 6.67. The van der Waals surface area contributed by atoms with Crippen LogP contribution in [0.4, 0.5) is 5.69 Å². The molecule has 0 saturated heterocycles. The van der Waals surface area contributed by atoms with Gasteiger partial charge in [0, 0.05) is 21.3 Å². The highest BCUT2D eigenvalue weighted by atomic mass is 79.9. The molecule has 32 heavy (non-hydrogen) atoms. The summed E-state index contributed by atoms with van der Waals surface area (Å²) >= 11 is 8.63. The highest BCUT2D eigenvalue weighted by Gasteiger charge is 2.12. The number of nitrogens with one attached hydrogen (secondary N) is 2. The van der Waals surface area contributed by atoms with Gasteiger partial charge in [-0.25, -0.2) is 4.98 Å². The first-order valence-corrected chi connectivity index (χ1v) is 11.5. The lowest BCUT2D eigenvalue weighted by Gasteiger charge is -2.10. The molecule has 1 heterocycles. The topological polar surface area (TPSA) is 67.2 Å². The van der Waals surface area contributed by atoms with Crippen molar-refractivity contribution in [2.24, 2.45) is 0 Å². The largest absolute Gasteiger partial charge is 0.436 e. The van der Waals surface area contributed by atoms with Crippen molar-refractivity contribution in [2.45, 2.75) is 26.2 Å². The van der Waals surface area contributed by atoms with Crippen LogP contribution in [0.1, 0.15) is 42.1 Å². The summed E-state index contributed by atoms with van der Waals surface area (Å²) < 4.78 is 6.77. The number of thiocarbonyl (C=S) groups is 1. The van der Waals surface area contributed by atoms with Crippen LogP contribution in [0.25, 0.3) is 22.6 Å². The number of rotatable bonds is 5. The maximum absolute atomic E-state index is 12.3. The maximum atomic E-state index is 12.3. The Morgan fingerprint density at radius 3 is 2.62 bits per heavy atom. The SMILES string of the molecule is CCC(C)c1ccc2oc(-c3ccc(NC(=S)NC(=O)c4cccc(Br)c4)cc3)nc2c1. The quantitative estimate of drug-likeness (QED) is 0.287. The fourth-order valence-corrected chi connectivity index (χ4v) is 3.88. The van der Waals surface area contributed by atoms with Gasteiger partial charge in [-0.2, -0.15) is 0 Å². The van der Waals surface area contributed by atoms with Crippen LogP contribution in [-0.4, -0.2) is 16.0 Å². The lowest BCUT2D eigenvalue weighted by molar-refractivity contribution is 0.0977. The van der Waals surface area contributed by atoms with Crippen LogP contribution < -0.4 is 10.6 Å². The van der Waals surface area contributed by atoms with E-state index in [9.17, 15) is 4.79 Å². The van der Waals surface area contributed by atoms with Crippen LogP contribution in [0.2, 0.25) is 0 Å². The molecule has 5 nitrogen and oxygen atoms in total. The zero-order valence-electron chi connectivity index (χ0n) is 17.7. The molecule has 1 unspecified atom stereocenters. The lowest BCUT2D eigenvalue weighted by Crippen LogP contribution is -2.34. The first-order valence-electron chi connectivity index (χ1n) is 10.3. The number of nitrogens with zero attached hydrogens (tertiary/aromatic N) is 1. The summed E-state index contributed by atoms with van der Waals surface area (Å²) in [6, 6.07) is 20.8. The molecule has 0 radical (unpaired) electrons. The number of fused-ring (bicyclic) bond motifs is 1. The second-order valence-electron chi connectivity index (χ2n) is 7.55. The van der Waals surface area contributed by atoms with Crippen LogP contribution in [-0.2, 0) is 0 Å². The van der Waals surface area contributed by atoms with Crippen LogP contribution in [0, 0.1) is 0 Å². The predicted molar refractivity (Wildman–Crippen MR) is 136 cm³/mol. The molecule has 7 heteroatoms. The van der Waals surface area contributed by atoms with E-state index in [0.717, 1.165) is 33.2 Å². The van der Waals surface area contributed by atoms with Gasteiger partial charge in [0.05, 0.1) is 0 Å². The number of aromatic nitrogens is 1. The average Bonchev–Trinajstić information content (AvgIpc) is 3.22. The van der Waals surface area contributed by atoms with Crippen molar-refractivity contribution in [3.05, 3.63) is 82.3 Å². The van der Waals surface area contributed by atoms with E-state index in [1.165, 1.54) is 5.56 Å². The molecule has 1 amide bonds. The minimum atomic E-state index is -0.274. The van der Waals surface area contributed by atoms with Crippen molar-refractivity contribution in [1.82, 2.24) is 10.3 Å². The predicted octanol–water partition coefficient (Wildman–Crippen LogP) is 6.90. The Morgan fingerprint density at radius 1 is 1.12 bits per heavy atom. The number of amides is 1. The molecule has 0 aliphatic carbocycles. The highest BCUT2D eigenvalue weighted by Crippen LogP contribution is 2.28. The first-order chi connectivity index (χ1) is 15.4. The Bertz CT molecular complexity index is 1280. The molecule has 0 bridgehead atoms. The van der Waals surface area contributed by atoms with E-state index in [2.05, 4.69) is 57.5 Å². The number of carbonyl (C=O) groups excluding carboxylic acids is 1. The molecule has 4 rings (SSSR count). The summed E-state index contributed by atoms with van der Waals surface area (Å²) in [7, 11) is 0. The number of anilines is 1. The Balaban J connectivity index is 1.43. The molecule has 162 valence electrons. The molecule has 0 saturated carbocycles. The van der Waals surface area contributed by atoms with Crippen LogP contribution in [0.3, 0.4) is 0 Å². The number of oxazole rings is 1. The van der Waals surface area contributed by atoms with Crippen LogP contribution in [0.5, 0.6) is 0 Å². The highest BCUT2D eigenvalue weighted by molar-refractivity contribution is 9.10. The zero-order chi connectivity index (χ0) is 22.7. The summed E-state index contributed by atoms with van der Waals surface area (Å²) in [6.07, 6.45) is 1.08. The molecule has 2 N–H and O–H groups in total. The van der Waals surface area contributed by atoms with Crippen molar-refractivity contribution in [3.8, 4) is 11.5 Å². The second-order valence-corrected chi connectivity index (χ2v) is 8.88. The van der Waals surface area contributed by atoms with Gasteiger partial charge in [-0.3, -0.25) is 10.1 Å². The molecule has 3 aromatic carbocycles. The molecule has 0 aliphatic rings. The van der Waals surface area contributed by atoms with E-state index in [4.69, 9.17) is 16.6 Å². The summed E-state index contributed by atoms with van der Waals surface area (Å²) in [6.45, 7) is 4.38. The molecular weight excluding hydrogens is 486 g/mol. The number of benzene rings is 3. The average molecular weight is 508 g/mol. The van der Waals surface area contributed by atoms with Gasteiger partial charge in [-0.1, -0.05) is 41.9 Å². The minimum absolute atomic E-state index is 0.224. The monoisotopic (exact) mass is 507 g/mol. The van der Waals surface area contributed by atoms with Gasteiger partial charge in [-0.05, 0) is 84.7 Å². The van der Waals surface area contributed by atoms with Gasteiger partial charge in [0.25, 0.3) is 5.91 Å². The minimum Gasteiger partial charge on any atom is -0.436 e. The summed E-state index contributed by atoms with van der Waals surface area (Å²) in [5.74, 6) is 0.777. The third-order valence-corrected chi connectivity index (χ3v) is 5.99. The Morgan fingerprint density at radius 2 is 1.91 bits per heavy atom. The van der Waals surface area contributed by atoms with E-state index in [1.807, 2.05) is 36.4 Å². The lowest BCUT2D eigenvalue weighted by atomic mass is 9.98. The summed E-state index contributed by atoms with van der Waals surface area (Å²) in [4.78, 5) is 17.0. The first kappa shape index (κ1) is 22.2. The number of hydrogen-bond acceptors (Lipinski definition) is 4. The molecule has 0 aliphatic heterocycles. The van der Waals surface area contributed by atoms with Crippen LogP contribution in [0.15, 0.2) is 75.6 Å². The van der Waals surface area contributed by atoms with E-state index < -0.39 is 0 Å². The van der Waals surface area contributed by atoms with Gasteiger partial charge in [0.1, 0.15) is 5.52 Å². The van der Waals surface area contributed by atoms with Crippen molar-refractivity contribution in [1.29, 1.82) is 0 Å². The smallest absolute Gasteiger partial charge is 0.257 e. The molecule has 1 atom stereocenters. The molecule has 0 spiro atoms. The molecule has 1 aromatic heterocycles. The van der Waals surface area contributed by atoms with Gasteiger partial charge >= 0.3 is 0 Å². The van der Waals surface area contributed by atoms with Crippen molar-refractivity contribution in [2.75, 3.05) is 5.32 Å². The van der Waals surface area contributed by atoms with E-state index >= 15 is 0 Å². The number of halogens is 1. The Labute approximate surface area is 200 Å². The van der Waals surface area contributed by atoms with Crippen molar-refractivity contribution < 1.29 is 9.21 Å². The molecule has 0 fully saturated rings. The number of hydrogen-bond donors (Lipinski definition) is 2. The summed E-state index contributed by atoms with van der Waals surface area (Å²) in [5.41, 5.74) is 5.02. The fraction of sp³-hybridized carbons (Fsp3) is 0.160. The molecular formula is C25H22BrN3O2S. The van der Waals surface area contributed by atoms with Crippen LogP contribution >= 0.6 is 28.1 Å². The van der Waals surface area contributed by atoms with Gasteiger partial charge in [-0.15, -0.1) is 0 Å². The number of carbonyl (C=O) groups is 1. The third-order valence-electron chi connectivity index (χ3n) is 5.30. The van der Waals surface area contributed by atoms with Crippen molar-refractivity contribution >= 4 is 56.0 Å². The van der Waals surface area contributed by atoms with Gasteiger partial charge < -0.3 is 9.73 Å². The third kappa shape index (κ3) is 5.06. The van der Waals surface area contributed by atoms with E-state index in [0.29, 0.717) is 17.4 Å². The molecule has 4 aromatic rings. The zero-order valence-corrected chi connectivity index (χ0v) is 20.1. The van der Waals surface area contributed by atoms with Crippen molar-refractivity contribution in [3.63, 3.8) is 0 Å². The maximum Gasteiger partial charge on any atom is 0.257 e. The second kappa shape index (κ2) is 9.63. The fourth-order valence-electron chi connectivity index (χ4n) is 3.27. The van der Waals surface area contributed by atoms with E-state index in [1.54, 1.807) is 18.2 Å². The van der Waals surface area contributed by atoms with Gasteiger partial charge in [0.15, 0.2) is 10.7 Å². The normalized spacial score (nSPS) is 11.8. The Hall–Kier alpha value is -3.03. The van der Waals surface area contributed by atoms with Gasteiger partial charge in [0.2, 0.25) is 5.89 Å². The summed E-state index contributed by atoms with van der Waals surface area (Å²) in [5, 5.41) is 5.93. The standard InChI is InChI=1S/C25H22BrN3O2S/c1-3-15(2)17-9-12-22-21(14-17)28-24(31-22)16-7-10-20(11-8-16)27-25(32)29-23(30)18-5-4-6-19(26)13-18/h4-15H,3H2,1-2H3,(H2,27,29,30,32). The van der Waals surface area contributed by atoms with E-state index in [-0.39, 0.29) is 11.0 Å².